The van der Waals surface area contributed by atoms with Crippen molar-refractivity contribution in [3.8, 4) is 11.1 Å². The number of aromatic nitrogens is 2. The number of aryl methyl sites for hydroxylation is 2. The van der Waals surface area contributed by atoms with Crippen LogP contribution in [0, 0.1) is 13.8 Å². The molecule has 5 nitrogen and oxygen atoms in total. The first-order valence-corrected chi connectivity index (χ1v) is 7.66. The summed E-state index contributed by atoms with van der Waals surface area (Å²) in [5, 5.41) is 0. The number of hydrogen-bond acceptors (Lipinski definition) is 4. The average Bonchev–Trinajstić information content (AvgIpc) is 2.60. The normalized spacial score (nSPS) is 10.2. The fourth-order valence-corrected chi connectivity index (χ4v) is 2.41. The summed E-state index contributed by atoms with van der Waals surface area (Å²) < 4.78 is 0. The fourth-order valence-electron chi connectivity index (χ4n) is 2.41. The van der Waals surface area contributed by atoms with Crippen LogP contribution in [0.5, 0.6) is 0 Å². The quantitative estimate of drug-likeness (QED) is 0.722. The molecule has 0 aliphatic heterocycles. The lowest BCUT2D eigenvalue weighted by Gasteiger charge is -2.09. The molecule has 0 aliphatic carbocycles. The second kappa shape index (κ2) is 6.91. The Bertz CT molecular complexity index is 825. The van der Waals surface area contributed by atoms with Gasteiger partial charge in [0.15, 0.2) is 0 Å². The van der Waals surface area contributed by atoms with Gasteiger partial charge in [0.2, 0.25) is 5.95 Å². The van der Waals surface area contributed by atoms with Gasteiger partial charge in [0.25, 0.3) is 5.91 Å². The number of amides is 1. The number of hydrazine groups is 1. The molecule has 3 aromatic rings. The highest BCUT2D eigenvalue weighted by molar-refractivity contribution is 5.95. The van der Waals surface area contributed by atoms with Crippen molar-refractivity contribution < 1.29 is 4.79 Å². The van der Waals surface area contributed by atoms with E-state index >= 15 is 0 Å². The molecule has 0 fully saturated rings. The van der Waals surface area contributed by atoms with Crippen LogP contribution in [-0.4, -0.2) is 15.9 Å². The number of carbonyl (C=O) groups excluding carboxylic acids is 1. The Morgan fingerprint density at radius 2 is 1.42 bits per heavy atom. The van der Waals surface area contributed by atoms with Gasteiger partial charge >= 0.3 is 0 Å². The lowest BCUT2D eigenvalue weighted by atomic mass is 10.0. The van der Waals surface area contributed by atoms with E-state index in [0.717, 1.165) is 22.5 Å². The zero-order valence-corrected chi connectivity index (χ0v) is 13.6. The number of benzene rings is 2. The van der Waals surface area contributed by atoms with Gasteiger partial charge in [-0.05, 0) is 43.2 Å². The van der Waals surface area contributed by atoms with Crippen LogP contribution in [0.2, 0.25) is 0 Å². The summed E-state index contributed by atoms with van der Waals surface area (Å²) in [4.78, 5) is 20.6. The molecular formula is C19H18N4O. The van der Waals surface area contributed by atoms with E-state index in [4.69, 9.17) is 0 Å². The van der Waals surface area contributed by atoms with Gasteiger partial charge in [0.1, 0.15) is 0 Å². The zero-order chi connectivity index (χ0) is 16.9. The number of hydrogen-bond donors (Lipinski definition) is 2. The van der Waals surface area contributed by atoms with Crippen LogP contribution in [0.3, 0.4) is 0 Å². The van der Waals surface area contributed by atoms with Crippen molar-refractivity contribution in [2.45, 2.75) is 13.8 Å². The van der Waals surface area contributed by atoms with Gasteiger partial charge in [0, 0.05) is 17.0 Å². The van der Waals surface area contributed by atoms with Crippen molar-refractivity contribution >= 4 is 11.9 Å². The first kappa shape index (κ1) is 15.7. The van der Waals surface area contributed by atoms with Gasteiger partial charge in [-0.2, -0.15) is 0 Å². The van der Waals surface area contributed by atoms with Crippen LogP contribution >= 0.6 is 0 Å². The lowest BCUT2D eigenvalue weighted by Crippen LogP contribution is -2.30. The molecule has 24 heavy (non-hydrogen) atoms. The molecule has 0 aliphatic rings. The number of carbonyl (C=O) groups is 1. The molecule has 2 N–H and O–H groups in total. The Morgan fingerprint density at radius 3 is 2.04 bits per heavy atom. The van der Waals surface area contributed by atoms with Crippen LogP contribution < -0.4 is 10.9 Å². The van der Waals surface area contributed by atoms with Crippen LogP contribution in [-0.2, 0) is 0 Å². The van der Waals surface area contributed by atoms with E-state index in [-0.39, 0.29) is 5.91 Å². The molecule has 0 unspecified atom stereocenters. The Labute approximate surface area is 140 Å². The summed E-state index contributed by atoms with van der Waals surface area (Å²) in [6.45, 7) is 3.76. The summed E-state index contributed by atoms with van der Waals surface area (Å²) in [6, 6.07) is 19.3. The van der Waals surface area contributed by atoms with Gasteiger partial charge in [-0.25, -0.2) is 9.97 Å². The summed E-state index contributed by atoms with van der Waals surface area (Å²) in [7, 11) is 0. The van der Waals surface area contributed by atoms with Crippen molar-refractivity contribution in [2.75, 3.05) is 5.43 Å². The topological polar surface area (TPSA) is 66.9 Å². The molecule has 0 radical (unpaired) electrons. The van der Waals surface area contributed by atoms with E-state index in [2.05, 4.69) is 20.8 Å². The van der Waals surface area contributed by atoms with E-state index < -0.39 is 0 Å². The fraction of sp³-hybridized carbons (Fsp3) is 0.105. The molecular weight excluding hydrogens is 300 g/mol. The molecule has 0 saturated heterocycles. The third-order valence-corrected chi connectivity index (χ3v) is 3.52. The van der Waals surface area contributed by atoms with E-state index in [1.807, 2.05) is 62.4 Å². The van der Waals surface area contributed by atoms with Gasteiger partial charge in [-0.3, -0.25) is 15.6 Å². The maximum absolute atomic E-state index is 12.2. The standard InChI is InChI=1S/C19H18N4O/c1-13-12-14(2)21-19(20-13)23-22-18(24)17-10-8-16(9-11-17)15-6-4-3-5-7-15/h3-12H,1-2H3,(H,22,24)(H,20,21,23). The van der Waals surface area contributed by atoms with Crippen molar-refractivity contribution in [1.29, 1.82) is 0 Å². The van der Waals surface area contributed by atoms with E-state index in [0.29, 0.717) is 11.5 Å². The molecule has 0 atom stereocenters. The minimum atomic E-state index is -0.239. The second-order valence-electron chi connectivity index (χ2n) is 5.50. The maximum Gasteiger partial charge on any atom is 0.269 e. The first-order chi connectivity index (χ1) is 11.6. The Kier molecular flexibility index (Phi) is 4.52. The lowest BCUT2D eigenvalue weighted by molar-refractivity contribution is 0.0962. The Balaban J connectivity index is 1.67. The third-order valence-electron chi connectivity index (χ3n) is 3.52. The highest BCUT2D eigenvalue weighted by Crippen LogP contribution is 2.19. The largest absolute Gasteiger partial charge is 0.269 e. The first-order valence-electron chi connectivity index (χ1n) is 7.66. The predicted octanol–water partition coefficient (Wildman–Crippen LogP) is 3.52. The van der Waals surface area contributed by atoms with Crippen LogP contribution in [0.1, 0.15) is 21.7 Å². The number of rotatable bonds is 4. The summed E-state index contributed by atoms with van der Waals surface area (Å²) >= 11 is 0. The summed E-state index contributed by atoms with van der Waals surface area (Å²) in [6.07, 6.45) is 0. The third kappa shape index (κ3) is 3.76. The minimum Gasteiger partial charge on any atom is -0.267 e. The van der Waals surface area contributed by atoms with Gasteiger partial charge in [0.05, 0.1) is 0 Å². The SMILES string of the molecule is Cc1cc(C)nc(NNC(=O)c2ccc(-c3ccccc3)cc2)n1. The van der Waals surface area contributed by atoms with E-state index in [9.17, 15) is 4.79 Å². The van der Waals surface area contributed by atoms with Crippen LogP contribution in [0.25, 0.3) is 11.1 Å². The van der Waals surface area contributed by atoms with Crippen molar-refractivity contribution in [3.05, 3.63) is 77.6 Å². The highest BCUT2D eigenvalue weighted by Gasteiger charge is 2.07. The molecule has 2 aromatic carbocycles. The zero-order valence-electron chi connectivity index (χ0n) is 13.6. The van der Waals surface area contributed by atoms with Crippen molar-refractivity contribution in [1.82, 2.24) is 15.4 Å². The number of nitrogens with one attached hydrogen (secondary N) is 2. The average molecular weight is 318 g/mol. The molecule has 0 saturated carbocycles. The smallest absolute Gasteiger partial charge is 0.267 e. The monoisotopic (exact) mass is 318 g/mol. The number of anilines is 1. The van der Waals surface area contributed by atoms with Gasteiger partial charge in [-0.15, -0.1) is 0 Å². The molecule has 5 heteroatoms. The molecule has 120 valence electrons. The van der Waals surface area contributed by atoms with Crippen LogP contribution in [0.15, 0.2) is 60.7 Å². The maximum atomic E-state index is 12.2. The summed E-state index contributed by atoms with van der Waals surface area (Å²) in [5.41, 5.74) is 9.79. The Morgan fingerprint density at radius 1 is 0.833 bits per heavy atom. The molecule has 0 spiro atoms. The van der Waals surface area contributed by atoms with Crippen molar-refractivity contribution in [2.24, 2.45) is 0 Å². The molecule has 1 aromatic heterocycles. The molecule has 0 bridgehead atoms. The predicted molar refractivity (Wildman–Crippen MR) is 94.5 cm³/mol. The van der Waals surface area contributed by atoms with Crippen LogP contribution in [0.4, 0.5) is 5.95 Å². The van der Waals surface area contributed by atoms with E-state index in [1.165, 1.54) is 0 Å². The number of nitrogens with zero attached hydrogens (tertiary/aromatic N) is 2. The second-order valence-corrected chi connectivity index (χ2v) is 5.50. The van der Waals surface area contributed by atoms with Crippen molar-refractivity contribution in [3.63, 3.8) is 0 Å². The van der Waals surface area contributed by atoms with Gasteiger partial charge < -0.3 is 0 Å². The van der Waals surface area contributed by atoms with Gasteiger partial charge in [-0.1, -0.05) is 42.5 Å². The minimum absolute atomic E-state index is 0.239. The molecule has 1 amide bonds. The Hall–Kier alpha value is -3.21. The summed E-state index contributed by atoms with van der Waals surface area (Å²) in [5.74, 6) is 0.138. The molecule has 1 heterocycles. The van der Waals surface area contributed by atoms with E-state index in [1.54, 1.807) is 12.1 Å². The molecule has 3 rings (SSSR count). The highest BCUT2D eigenvalue weighted by atomic mass is 16.2.